The van der Waals surface area contributed by atoms with Crippen LogP contribution in [0.15, 0.2) is 0 Å². The maximum absolute atomic E-state index is 9.63. The van der Waals surface area contributed by atoms with Gasteiger partial charge < -0.3 is 14.6 Å². The number of methoxy groups -OCH3 is 1. The van der Waals surface area contributed by atoms with Gasteiger partial charge in [0.25, 0.3) is 0 Å². The Bertz CT molecular complexity index is 99.5. The smallest absolute Gasteiger partial charge is 0.539 e. The van der Waals surface area contributed by atoms with Crippen molar-refractivity contribution in [2.75, 3.05) is 7.11 Å². The zero-order valence-corrected chi connectivity index (χ0v) is 4.63. The van der Waals surface area contributed by atoms with Gasteiger partial charge in [0.15, 0.2) is 5.97 Å². The van der Waals surface area contributed by atoms with Gasteiger partial charge in [0.2, 0.25) is 0 Å². The Morgan fingerprint density at radius 1 is 1.50 bits per heavy atom. The second-order valence-electron chi connectivity index (χ2n) is 0.779. The number of carbonyl (C=O) groups excluding carboxylic acids is 2. The van der Waals surface area contributed by atoms with Crippen molar-refractivity contribution in [3.63, 3.8) is 0 Å². The molecular weight excluding hydrogens is 107 g/mol. The van der Waals surface area contributed by atoms with E-state index in [-0.39, 0.29) is 18.9 Å². The van der Waals surface area contributed by atoms with Crippen LogP contribution < -0.4 is 24.0 Å². The van der Waals surface area contributed by atoms with Gasteiger partial charge in [0.1, 0.15) is 0 Å². The molecule has 0 aliphatic rings. The zero-order valence-electron chi connectivity index (χ0n) is 4.63. The number of hydrogen-bond donors (Lipinski definition) is 0. The van der Waals surface area contributed by atoms with Crippen LogP contribution in [-0.4, -0.2) is 19.0 Å². The Kier molecular flexibility index (Phi) is 6.16. The molecule has 0 spiro atoms. The van der Waals surface area contributed by atoms with E-state index in [1.807, 2.05) is 0 Å². The van der Waals surface area contributed by atoms with Gasteiger partial charge in [0, 0.05) is 0 Å². The summed E-state index contributed by atoms with van der Waals surface area (Å²) in [4.78, 5) is 19.0. The molecule has 0 saturated heterocycles. The summed E-state index contributed by atoms with van der Waals surface area (Å²) in [6.07, 6.45) is 0. The van der Waals surface area contributed by atoms with E-state index in [1.165, 1.54) is 0 Å². The predicted molar refractivity (Wildman–Crippen MR) is 17.0 cm³/mol. The number of aliphatic carboxylic acids is 1. The van der Waals surface area contributed by atoms with Gasteiger partial charge in [-0.05, 0) is 0 Å². The van der Waals surface area contributed by atoms with Crippen LogP contribution in [0.25, 0.3) is 0 Å². The van der Waals surface area contributed by atoms with E-state index in [1.54, 1.807) is 0 Å². The van der Waals surface area contributed by atoms with Gasteiger partial charge in [-0.25, -0.2) is 4.79 Å². The molecule has 0 aliphatic heterocycles. The van der Waals surface area contributed by atoms with Gasteiger partial charge in [-0.1, -0.05) is 0 Å². The number of rotatable bonds is 0. The van der Waals surface area contributed by atoms with E-state index in [9.17, 15) is 14.7 Å². The summed E-state index contributed by atoms with van der Waals surface area (Å²) in [6, 6.07) is 0. The van der Waals surface area contributed by atoms with Crippen molar-refractivity contribution in [2.45, 2.75) is 0 Å². The van der Waals surface area contributed by atoms with Crippen LogP contribution >= 0.6 is 0 Å². The molecule has 0 N–H and O–H groups in total. The van der Waals surface area contributed by atoms with Crippen LogP contribution in [0.4, 0.5) is 0 Å². The Hall–Kier alpha value is -0.463. The molecule has 4 nitrogen and oxygen atoms in total. The van der Waals surface area contributed by atoms with E-state index < -0.39 is 11.9 Å². The number of carboxylic acids is 1. The molecule has 40 valence electrons. The molecular formula is C3H3LiO4. The summed E-state index contributed by atoms with van der Waals surface area (Å²) in [6.45, 7) is 0. The summed E-state index contributed by atoms with van der Waals surface area (Å²) >= 11 is 0. The monoisotopic (exact) mass is 110 g/mol. The van der Waals surface area contributed by atoms with Crippen LogP contribution in [0.5, 0.6) is 0 Å². The molecule has 0 aromatic carbocycles. The molecule has 0 fully saturated rings. The fourth-order valence-electron chi connectivity index (χ4n) is 0.0833. The maximum atomic E-state index is 9.63. The molecule has 0 aromatic rings. The number of carboxylic acid groups (broad SMARTS) is 1. The van der Waals surface area contributed by atoms with E-state index in [0.717, 1.165) is 7.11 Å². The van der Waals surface area contributed by atoms with E-state index in [4.69, 9.17) is 0 Å². The van der Waals surface area contributed by atoms with E-state index >= 15 is 0 Å². The molecule has 0 unspecified atom stereocenters. The first-order chi connectivity index (χ1) is 3.18. The van der Waals surface area contributed by atoms with Crippen LogP contribution in [0, 0.1) is 0 Å². The second kappa shape index (κ2) is 4.69. The largest absolute Gasteiger partial charge is 1.00 e. The summed E-state index contributed by atoms with van der Waals surface area (Å²) < 4.78 is 3.71. The summed E-state index contributed by atoms with van der Waals surface area (Å²) in [5.41, 5.74) is 0. The first-order valence-corrected chi connectivity index (χ1v) is 1.47. The Morgan fingerprint density at radius 3 is 1.88 bits per heavy atom. The number of hydrogen-bond acceptors (Lipinski definition) is 4. The van der Waals surface area contributed by atoms with Crippen molar-refractivity contribution in [2.24, 2.45) is 0 Å². The fraction of sp³-hybridized carbons (Fsp3) is 0.333. The zero-order chi connectivity index (χ0) is 5.86. The van der Waals surface area contributed by atoms with E-state index in [2.05, 4.69) is 4.74 Å². The minimum Gasteiger partial charge on any atom is -0.539 e. The average molecular weight is 110 g/mol. The first kappa shape index (κ1) is 10.5. The third kappa shape index (κ3) is 3.72. The summed E-state index contributed by atoms with van der Waals surface area (Å²) in [5.74, 6) is -3.16. The summed E-state index contributed by atoms with van der Waals surface area (Å²) in [5, 5.41) is 9.34. The van der Waals surface area contributed by atoms with Crippen molar-refractivity contribution in [3.8, 4) is 0 Å². The molecule has 0 rings (SSSR count). The third-order valence-electron chi connectivity index (χ3n) is 0.352. The number of ether oxygens (including phenoxy) is 1. The van der Waals surface area contributed by atoms with Crippen LogP contribution in [0.2, 0.25) is 0 Å². The van der Waals surface area contributed by atoms with Crippen LogP contribution in [0.3, 0.4) is 0 Å². The van der Waals surface area contributed by atoms with Gasteiger partial charge >= 0.3 is 24.8 Å². The summed E-state index contributed by atoms with van der Waals surface area (Å²) in [7, 11) is 0.970. The SMILES string of the molecule is COC(=O)C(=O)[O-].[Li+]. The minimum absolute atomic E-state index is 0. The predicted octanol–water partition coefficient (Wildman–Crippen LogP) is -5.09. The third-order valence-corrected chi connectivity index (χ3v) is 0.352. The number of esters is 1. The molecule has 0 aromatic heterocycles. The molecule has 0 aliphatic carbocycles. The fourth-order valence-corrected chi connectivity index (χ4v) is 0.0833. The van der Waals surface area contributed by atoms with Crippen molar-refractivity contribution in [1.82, 2.24) is 0 Å². The van der Waals surface area contributed by atoms with E-state index in [0.29, 0.717) is 0 Å². The number of carbonyl (C=O) groups is 2. The Morgan fingerprint density at radius 2 is 1.88 bits per heavy atom. The van der Waals surface area contributed by atoms with Crippen molar-refractivity contribution < 1.29 is 38.3 Å². The quantitative estimate of drug-likeness (QED) is 0.178. The topological polar surface area (TPSA) is 66.4 Å². The van der Waals surface area contributed by atoms with Gasteiger partial charge in [-0.2, -0.15) is 0 Å². The molecule has 0 heterocycles. The van der Waals surface area contributed by atoms with Crippen LogP contribution in [0.1, 0.15) is 0 Å². The minimum atomic E-state index is -1.82. The molecule has 0 amide bonds. The van der Waals surface area contributed by atoms with Crippen LogP contribution in [-0.2, 0) is 14.3 Å². The Labute approximate surface area is 58.0 Å². The van der Waals surface area contributed by atoms with Gasteiger partial charge in [0.05, 0.1) is 7.11 Å². The molecule has 5 heteroatoms. The standard InChI is InChI=1S/C3H4O4.Li/c1-7-3(6)2(4)5;/h1H3,(H,4,5);/q;+1/p-1. The molecule has 0 radical (unpaired) electrons. The average Bonchev–Trinajstić information content (AvgIpc) is 1.65. The molecule has 0 bridgehead atoms. The van der Waals surface area contributed by atoms with Crippen molar-refractivity contribution in [3.05, 3.63) is 0 Å². The second-order valence-corrected chi connectivity index (χ2v) is 0.779. The Balaban J connectivity index is 0. The molecule has 0 saturated carbocycles. The first-order valence-electron chi connectivity index (χ1n) is 1.47. The maximum Gasteiger partial charge on any atom is 1.00 e. The molecule has 8 heavy (non-hydrogen) atoms. The molecule has 0 atom stereocenters. The van der Waals surface area contributed by atoms with Gasteiger partial charge in [-0.3, -0.25) is 0 Å². The normalized spacial score (nSPS) is 6.62. The van der Waals surface area contributed by atoms with Gasteiger partial charge in [-0.15, -0.1) is 0 Å². The van der Waals surface area contributed by atoms with Crippen molar-refractivity contribution in [1.29, 1.82) is 0 Å². The van der Waals surface area contributed by atoms with Crippen molar-refractivity contribution >= 4 is 11.9 Å².